The van der Waals surface area contributed by atoms with Crippen LogP contribution < -0.4 is 15.0 Å². The van der Waals surface area contributed by atoms with Crippen LogP contribution in [0, 0.1) is 0 Å². The number of hydrogen-bond donors (Lipinski definition) is 1. The summed E-state index contributed by atoms with van der Waals surface area (Å²) in [5, 5.41) is 2.85. The van der Waals surface area contributed by atoms with Gasteiger partial charge in [0.2, 0.25) is 0 Å². The summed E-state index contributed by atoms with van der Waals surface area (Å²) in [4.78, 5) is 26.1. The van der Waals surface area contributed by atoms with Crippen molar-refractivity contribution in [3.05, 3.63) is 59.7 Å². The molecule has 1 unspecified atom stereocenters. The van der Waals surface area contributed by atoms with E-state index in [0.717, 1.165) is 0 Å². The number of cyclic esters (lactones) is 1. The van der Waals surface area contributed by atoms with Crippen molar-refractivity contribution in [2.75, 3.05) is 25.1 Å². The molecule has 0 aromatic heterocycles. The van der Waals surface area contributed by atoms with Crippen molar-refractivity contribution in [3.63, 3.8) is 0 Å². The van der Waals surface area contributed by atoms with Crippen LogP contribution in [0.1, 0.15) is 36.7 Å². The summed E-state index contributed by atoms with van der Waals surface area (Å²) in [6.45, 7) is 7.01. The van der Waals surface area contributed by atoms with Crippen LogP contribution in [0.25, 0.3) is 0 Å². The maximum atomic E-state index is 12.4. The van der Waals surface area contributed by atoms with Crippen molar-refractivity contribution in [3.8, 4) is 5.75 Å². The second kappa shape index (κ2) is 7.92. The summed E-state index contributed by atoms with van der Waals surface area (Å²) in [6.07, 6.45) is -0.835. The van der Waals surface area contributed by atoms with E-state index in [1.807, 2.05) is 42.5 Å². The molecule has 1 heterocycles. The van der Waals surface area contributed by atoms with Crippen LogP contribution in [-0.4, -0.2) is 38.3 Å². The quantitative estimate of drug-likeness (QED) is 0.855. The average Bonchev–Trinajstić information content (AvgIpc) is 3.06. The van der Waals surface area contributed by atoms with Gasteiger partial charge in [0.1, 0.15) is 11.9 Å². The van der Waals surface area contributed by atoms with E-state index < -0.39 is 12.2 Å². The predicted molar refractivity (Wildman–Crippen MR) is 108 cm³/mol. The lowest BCUT2D eigenvalue weighted by Crippen LogP contribution is -2.34. The molecule has 2 aromatic carbocycles. The van der Waals surface area contributed by atoms with Gasteiger partial charge in [-0.15, -0.1) is 0 Å². The first kappa shape index (κ1) is 19.7. The van der Waals surface area contributed by atoms with Crippen molar-refractivity contribution in [1.29, 1.82) is 0 Å². The SMILES string of the molecule is COc1cccc(N2CC(CNC(=O)c3ccc(C(C)(C)C)cc3)OC2=O)c1. The van der Waals surface area contributed by atoms with Crippen molar-refractivity contribution in [2.24, 2.45) is 0 Å². The van der Waals surface area contributed by atoms with Gasteiger partial charge in [-0.3, -0.25) is 9.69 Å². The van der Waals surface area contributed by atoms with E-state index in [1.54, 1.807) is 13.2 Å². The second-order valence-corrected chi connectivity index (χ2v) is 7.86. The average molecular weight is 382 g/mol. The van der Waals surface area contributed by atoms with E-state index in [9.17, 15) is 9.59 Å². The molecule has 0 aliphatic carbocycles. The van der Waals surface area contributed by atoms with Gasteiger partial charge in [-0.25, -0.2) is 4.79 Å². The van der Waals surface area contributed by atoms with Crippen LogP contribution in [0.4, 0.5) is 10.5 Å². The van der Waals surface area contributed by atoms with Gasteiger partial charge in [0.25, 0.3) is 5.91 Å². The maximum Gasteiger partial charge on any atom is 0.414 e. The molecule has 1 saturated heterocycles. The molecule has 1 atom stereocenters. The van der Waals surface area contributed by atoms with Gasteiger partial charge >= 0.3 is 6.09 Å². The molecule has 28 heavy (non-hydrogen) atoms. The number of nitrogens with zero attached hydrogens (tertiary/aromatic N) is 1. The molecule has 3 rings (SSSR count). The Morgan fingerprint density at radius 2 is 1.93 bits per heavy atom. The number of carbonyl (C=O) groups is 2. The Kier molecular flexibility index (Phi) is 5.58. The highest BCUT2D eigenvalue weighted by Crippen LogP contribution is 2.25. The van der Waals surface area contributed by atoms with Crippen molar-refractivity contribution in [2.45, 2.75) is 32.3 Å². The highest BCUT2D eigenvalue weighted by atomic mass is 16.6. The largest absolute Gasteiger partial charge is 0.497 e. The van der Waals surface area contributed by atoms with Gasteiger partial charge in [-0.1, -0.05) is 39.0 Å². The number of anilines is 1. The smallest absolute Gasteiger partial charge is 0.414 e. The Bertz CT molecular complexity index is 856. The third kappa shape index (κ3) is 4.44. The topological polar surface area (TPSA) is 67.9 Å². The third-order valence-corrected chi connectivity index (χ3v) is 4.74. The van der Waals surface area contributed by atoms with E-state index in [0.29, 0.717) is 23.5 Å². The van der Waals surface area contributed by atoms with Gasteiger partial charge < -0.3 is 14.8 Å². The summed E-state index contributed by atoms with van der Waals surface area (Å²) < 4.78 is 10.6. The molecule has 2 amide bonds. The number of hydrogen-bond acceptors (Lipinski definition) is 4. The molecule has 1 fully saturated rings. The van der Waals surface area contributed by atoms with Gasteiger partial charge in [0, 0.05) is 11.6 Å². The van der Waals surface area contributed by atoms with E-state index in [2.05, 4.69) is 26.1 Å². The normalized spacial score (nSPS) is 16.6. The number of benzene rings is 2. The highest BCUT2D eigenvalue weighted by molar-refractivity contribution is 5.94. The fourth-order valence-corrected chi connectivity index (χ4v) is 3.05. The zero-order chi connectivity index (χ0) is 20.3. The molecule has 148 valence electrons. The molecule has 0 radical (unpaired) electrons. The Balaban J connectivity index is 1.58. The Morgan fingerprint density at radius 1 is 1.21 bits per heavy atom. The number of ether oxygens (including phenoxy) is 2. The fourth-order valence-electron chi connectivity index (χ4n) is 3.05. The number of rotatable bonds is 5. The van der Waals surface area contributed by atoms with Gasteiger partial charge in [0.15, 0.2) is 0 Å². The monoisotopic (exact) mass is 382 g/mol. The first-order chi connectivity index (χ1) is 13.3. The lowest BCUT2D eigenvalue weighted by atomic mass is 9.87. The lowest BCUT2D eigenvalue weighted by molar-refractivity contribution is 0.0916. The number of amides is 2. The fraction of sp³-hybridized carbons (Fsp3) is 0.364. The summed E-state index contributed by atoms with van der Waals surface area (Å²) in [6, 6.07) is 14.8. The van der Waals surface area contributed by atoms with E-state index in [4.69, 9.17) is 9.47 Å². The molecule has 2 aromatic rings. The molecular formula is C22H26N2O4. The minimum absolute atomic E-state index is 0.0383. The number of carbonyl (C=O) groups excluding carboxylic acids is 2. The molecule has 1 aliphatic heterocycles. The van der Waals surface area contributed by atoms with Crippen molar-refractivity contribution in [1.82, 2.24) is 5.32 Å². The van der Waals surface area contributed by atoms with Crippen molar-refractivity contribution < 1.29 is 19.1 Å². The molecule has 6 heteroatoms. The van der Waals surface area contributed by atoms with Gasteiger partial charge in [-0.05, 0) is 35.2 Å². The molecule has 1 aliphatic rings. The lowest BCUT2D eigenvalue weighted by Gasteiger charge is -2.19. The first-order valence-corrected chi connectivity index (χ1v) is 9.29. The predicted octanol–water partition coefficient (Wildman–Crippen LogP) is 3.75. The number of nitrogens with one attached hydrogen (secondary N) is 1. The Labute approximate surface area is 165 Å². The second-order valence-electron chi connectivity index (χ2n) is 7.86. The standard InChI is InChI=1S/C22H26N2O4/c1-22(2,3)16-10-8-15(9-11-16)20(25)23-13-19-14-24(21(26)28-19)17-6-5-7-18(12-17)27-4/h5-12,19H,13-14H2,1-4H3,(H,23,25). The molecule has 0 bridgehead atoms. The summed E-state index contributed by atoms with van der Waals surface area (Å²) in [7, 11) is 1.58. The molecular weight excluding hydrogens is 356 g/mol. The molecule has 0 saturated carbocycles. The van der Waals surface area contributed by atoms with Crippen molar-refractivity contribution >= 4 is 17.7 Å². The Morgan fingerprint density at radius 3 is 2.57 bits per heavy atom. The molecule has 6 nitrogen and oxygen atoms in total. The summed E-state index contributed by atoms with van der Waals surface area (Å²) >= 11 is 0. The zero-order valence-electron chi connectivity index (χ0n) is 16.7. The van der Waals surface area contributed by atoms with Crippen LogP contribution in [0.2, 0.25) is 0 Å². The summed E-state index contributed by atoms with van der Waals surface area (Å²) in [5.41, 5.74) is 2.50. The van der Waals surface area contributed by atoms with E-state index in [1.165, 1.54) is 10.5 Å². The Hall–Kier alpha value is -3.02. The van der Waals surface area contributed by atoms with Crippen LogP contribution in [0.15, 0.2) is 48.5 Å². The zero-order valence-corrected chi connectivity index (χ0v) is 16.7. The van der Waals surface area contributed by atoms with Crippen LogP contribution in [0.5, 0.6) is 5.75 Å². The maximum absolute atomic E-state index is 12.4. The third-order valence-electron chi connectivity index (χ3n) is 4.74. The van der Waals surface area contributed by atoms with E-state index in [-0.39, 0.29) is 17.9 Å². The van der Waals surface area contributed by atoms with Gasteiger partial charge in [0.05, 0.1) is 25.9 Å². The first-order valence-electron chi connectivity index (χ1n) is 9.29. The van der Waals surface area contributed by atoms with Crippen LogP contribution in [0.3, 0.4) is 0 Å². The van der Waals surface area contributed by atoms with Crippen LogP contribution in [-0.2, 0) is 10.2 Å². The highest BCUT2D eigenvalue weighted by Gasteiger charge is 2.32. The molecule has 0 spiro atoms. The summed E-state index contributed by atoms with van der Waals surface area (Å²) in [5.74, 6) is 0.483. The van der Waals surface area contributed by atoms with Gasteiger partial charge in [-0.2, -0.15) is 0 Å². The number of methoxy groups -OCH3 is 1. The minimum atomic E-state index is -0.429. The van der Waals surface area contributed by atoms with E-state index >= 15 is 0 Å². The molecule has 1 N–H and O–H groups in total. The van der Waals surface area contributed by atoms with Crippen LogP contribution >= 0.6 is 0 Å². The minimum Gasteiger partial charge on any atom is -0.497 e.